The third-order valence-electron chi connectivity index (χ3n) is 7.04. The number of carbonyl (C=O) groups excluding carboxylic acids is 3. The number of nitrogens with zero attached hydrogens (tertiary/aromatic N) is 1. The molecule has 2 aliphatic rings. The summed E-state index contributed by atoms with van der Waals surface area (Å²) in [5.74, 6) is -0.0465. The summed E-state index contributed by atoms with van der Waals surface area (Å²) in [7, 11) is 0. The molecule has 6 nitrogen and oxygen atoms in total. The van der Waals surface area contributed by atoms with Crippen molar-refractivity contribution in [2.24, 2.45) is 11.3 Å². The van der Waals surface area contributed by atoms with Crippen molar-refractivity contribution in [3.05, 3.63) is 56.8 Å². The molecule has 2 atom stereocenters. The van der Waals surface area contributed by atoms with Crippen molar-refractivity contribution in [1.82, 2.24) is 15.8 Å². The van der Waals surface area contributed by atoms with Crippen LogP contribution in [0.15, 0.2) is 30.3 Å². The smallest absolute Gasteiger partial charge is 0.279 e. The minimum absolute atomic E-state index is 0.0518. The van der Waals surface area contributed by atoms with E-state index in [1.807, 2.05) is 30.3 Å². The highest BCUT2D eigenvalue weighted by atomic mass is 32.1. The molecule has 1 aromatic heterocycles. The highest BCUT2D eigenvalue weighted by Gasteiger charge is 2.32. The lowest BCUT2D eigenvalue weighted by molar-refractivity contribution is -0.133. The number of fused-ring (bicyclic) bond motifs is 2. The van der Waals surface area contributed by atoms with Gasteiger partial charge in [-0.15, -0.1) is 11.3 Å². The lowest BCUT2D eigenvalue weighted by Gasteiger charge is -2.36. The molecule has 0 saturated heterocycles. The van der Waals surface area contributed by atoms with Gasteiger partial charge in [-0.05, 0) is 59.8 Å². The zero-order valence-corrected chi connectivity index (χ0v) is 20.7. The van der Waals surface area contributed by atoms with E-state index in [0.29, 0.717) is 17.3 Å². The van der Waals surface area contributed by atoms with Crippen LogP contribution in [0.4, 0.5) is 0 Å². The Balaban J connectivity index is 1.38. The maximum absolute atomic E-state index is 12.7. The number of hydrogen-bond acceptors (Lipinski definition) is 4. The van der Waals surface area contributed by atoms with Crippen LogP contribution in [0.5, 0.6) is 0 Å². The van der Waals surface area contributed by atoms with Crippen LogP contribution < -0.4 is 10.9 Å². The van der Waals surface area contributed by atoms with E-state index in [-0.39, 0.29) is 35.6 Å². The summed E-state index contributed by atoms with van der Waals surface area (Å²) in [6.07, 6.45) is 4.03. The Bertz CT molecular complexity index is 1070. The molecule has 1 aliphatic carbocycles. The van der Waals surface area contributed by atoms with Crippen molar-refractivity contribution < 1.29 is 14.4 Å². The number of aryl methyl sites for hydroxylation is 1. The molecular formula is C26H33N3O3S. The Labute approximate surface area is 199 Å². The van der Waals surface area contributed by atoms with Gasteiger partial charge in [0.05, 0.1) is 17.3 Å². The van der Waals surface area contributed by atoms with Gasteiger partial charge in [0, 0.05) is 18.3 Å². The Kier molecular flexibility index (Phi) is 6.61. The zero-order valence-electron chi connectivity index (χ0n) is 19.9. The molecule has 7 heteroatoms. The lowest BCUT2D eigenvalue weighted by atomic mass is 9.72. The molecular weight excluding hydrogens is 434 g/mol. The molecule has 0 fully saturated rings. The molecule has 33 heavy (non-hydrogen) atoms. The molecule has 1 aliphatic heterocycles. The van der Waals surface area contributed by atoms with E-state index in [2.05, 4.69) is 31.6 Å². The normalized spacial score (nSPS) is 19.9. The van der Waals surface area contributed by atoms with E-state index in [9.17, 15) is 14.4 Å². The molecule has 2 N–H and O–H groups in total. The van der Waals surface area contributed by atoms with E-state index in [0.717, 1.165) is 36.8 Å². The maximum Gasteiger partial charge on any atom is 0.279 e. The summed E-state index contributed by atoms with van der Waals surface area (Å²) in [5, 5.41) is 0. The Morgan fingerprint density at radius 2 is 1.85 bits per heavy atom. The number of hydrogen-bond donors (Lipinski definition) is 2. The summed E-state index contributed by atoms with van der Waals surface area (Å²) in [4.78, 5) is 41.2. The topological polar surface area (TPSA) is 78.5 Å². The van der Waals surface area contributed by atoms with Crippen LogP contribution in [0.1, 0.15) is 77.8 Å². The summed E-state index contributed by atoms with van der Waals surface area (Å²) in [6, 6.07) is 9.58. The van der Waals surface area contributed by atoms with E-state index in [1.165, 1.54) is 28.7 Å². The molecule has 2 unspecified atom stereocenters. The van der Waals surface area contributed by atoms with Crippen LogP contribution in [0.3, 0.4) is 0 Å². The number of benzene rings is 1. The fourth-order valence-corrected chi connectivity index (χ4v) is 6.14. The van der Waals surface area contributed by atoms with E-state index < -0.39 is 0 Å². The third-order valence-corrected chi connectivity index (χ3v) is 8.28. The summed E-state index contributed by atoms with van der Waals surface area (Å²) >= 11 is 1.52. The first-order chi connectivity index (χ1) is 15.6. The first kappa shape index (κ1) is 23.5. The largest absolute Gasteiger partial charge is 0.335 e. The summed E-state index contributed by atoms with van der Waals surface area (Å²) < 4.78 is 0. The fraction of sp³-hybridized carbons (Fsp3) is 0.500. The predicted molar refractivity (Wildman–Crippen MR) is 130 cm³/mol. The fourth-order valence-electron chi connectivity index (χ4n) is 5.04. The number of rotatable bonds is 3. The second-order valence-electron chi connectivity index (χ2n) is 10.2. The molecule has 2 heterocycles. The van der Waals surface area contributed by atoms with Gasteiger partial charge < -0.3 is 4.90 Å². The van der Waals surface area contributed by atoms with Gasteiger partial charge in [-0.2, -0.15) is 0 Å². The van der Waals surface area contributed by atoms with Crippen LogP contribution in [-0.4, -0.2) is 29.2 Å². The minimum atomic E-state index is -0.326. The van der Waals surface area contributed by atoms with E-state index >= 15 is 0 Å². The predicted octanol–water partition coefficient (Wildman–Crippen LogP) is 4.20. The summed E-state index contributed by atoms with van der Waals surface area (Å²) in [6.45, 7) is 8.94. The van der Waals surface area contributed by atoms with Crippen LogP contribution in [-0.2, 0) is 28.9 Å². The standard InChI is InChI=1S/C26H33N3O3S/c1-16(30)29-12-11-17-7-5-6-8-20(17)21(29)15-24(31)27-28-25(32)23-14-18-13-19(26(2,3)4)9-10-22(18)33-23/h5-8,14,19,21H,9-13,15H2,1-4H3,(H,27,31)(H,28,32). The lowest BCUT2D eigenvalue weighted by Crippen LogP contribution is -2.45. The Hall–Kier alpha value is -2.67. The van der Waals surface area contributed by atoms with Crippen molar-refractivity contribution in [3.8, 4) is 0 Å². The highest BCUT2D eigenvalue weighted by Crippen LogP contribution is 2.40. The first-order valence-electron chi connectivity index (χ1n) is 11.7. The van der Waals surface area contributed by atoms with Gasteiger partial charge in [0.2, 0.25) is 11.8 Å². The Morgan fingerprint density at radius 1 is 1.09 bits per heavy atom. The quantitative estimate of drug-likeness (QED) is 0.664. The van der Waals surface area contributed by atoms with Crippen LogP contribution in [0, 0.1) is 11.3 Å². The molecule has 0 saturated carbocycles. The van der Waals surface area contributed by atoms with Gasteiger partial charge in [0.15, 0.2) is 0 Å². The summed E-state index contributed by atoms with van der Waals surface area (Å²) in [5.41, 5.74) is 8.81. The van der Waals surface area contributed by atoms with Gasteiger partial charge in [0.25, 0.3) is 5.91 Å². The molecule has 3 amide bonds. The Morgan fingerprint density at radius 3 is 2.58 bits per heavy atom. The molecule has 2 aromatic rings. The SMILES string of the molecule is CC(=O)N1CCc2ccccc2C1CC(=O)NNC(=O)c1cc2c(s1)CCC(C(C)(C)C)C2. The second-order valence-corrected chi connectivity index (χ2v) is 11.4. The van der Waals surface area contributed by atoms with Gasteiger partial charge in [-0.3, -0.25) is 25.2 Å². The first-order valence-corrected chi connectivity index (χ1v) is 12.5. The van der Waals surface area contributed by atoms with E-state index in [1.54, 1.807) is 4.90 Å². The number of amides is 3. The molecule has 0 radical (unpaired) electrons. The van der Waals surface area contributed by atoms with Gasteiger partial charge in [-0.1, -0.05) is 45.0 Å². The number of hydrazine groups is 1. The van der Waals surface area contributed by atoms with Crippen molar-refractivity contribution in [2.75, 3.05) is 6.54 Å². The van der Waals surface area contributed by atoms with Crippen LogP contribution >= 0.6 is 11.3 Å². The van der Waals surface area contributed by atoms with Gasteiger partial charge >= 0.3 is 0 Å². The number of thiophene rings is 1. The van der Waals surface area contributed by atoms with Gasteiger partial charge in [-0.25, -0.2) is 0 Å². The number of nitrogens with one attached hydrogen (secondary N) is 2. The van der Waals surface area contributed by atoms with Crippen molar-refractivity contribution >= 4 is 29.1 Å². The average molecular weight is 468 g/mol. The number of carbonyl (C=O) groups is 3. The zero-order chi connectivity index (χ0) is 23.8. The van der Waals surface area contributed by atoms with Crippen molar-refractivity contribution in [2.45, 2.75) is 65.8 Å². The molecule has 176 valence electrons. The van der Waals surface area contributed by atoms with Crippen LogP contribution in [0.25, 0.3) is 0 Å². The average Bonchev–Trinajstić information content (AvgIpc) is 3.20. The van der Waals surface area contributed by atoms with Crippen LogP contribution in [0.2, 0.25) is 0 Å². The highest BCUT2D eigenvalue weighted by molar-refractivity contribution is 7.14. The molecule has 0 bridgehead atoms. The van der Waals surface area contributed by atoms with Crippen molar-refractivity contribution in [3.63, 3.8) is 0 Å². The molecule has 0 spiro atoms. The molecule has 1 aromatic carbocycles. The van der Waals surface area contributed by atoms with Gasteiger partial charge in [0.1, 0.15) is 0 Å². The second kappa shape index (κ2) is 9.29. The molecule has 4 rings (SSSR count). The van der Waals surface area contributed by atoms with E-state index in [4.69, 9.17) is 0 Å². The third kappa shape index (κ3) is 5.13. The van der Waals surface area contributed by atoms with Crippen molar-refractivity contribution in [1.29, 1.82) is 0 Å². The minimum Gasteiger partial charge on any atom is -0.335 e. The maximum atomic E-state index is 12.7. The monoisotopic (exact) mass is 467 g/mol.